The van der Waals surface area contributed by atoms with Gasteiger partial charge in [0, 0.05) is 11.1 Å². The lowest BCUT2D eigenvalue weighted by molar-refractivity contribution is -0.394. The van der Waals surface area contributed by atoms with E-state index in [0.29, 0.717) is 11.3 Å². The number of benzene rings is 1. The molecule has 0 radical (unpaired) electrons. The molecule has 2 rings (SSSR count). The molecule has 24 heavy (non-hydrogen) atoms. The topological polar surface area (TPSA) is 132 Å². The second kappa shape index (κ2) is 7.31. The Bertz CT molecular complexity index is 770. The maximum atomic E-state index is 12.1. The molecule has 0 aliphatic rings. The van der Waals surface area contributed by atoms with E-state index in [-0.39, 0.29) is 18.5 Å². The Morgan fingerprint density at radius 1 is 1.33 bits per heavy atom. The number of para-hydroxylation sites is 1. The summed E-state index contributed by atoms with van der Waals surface area (Å²) >= 11 is 0. The summed E-state index contributed by atoms with van der Waals surface area (Å²) in [6.07, 6.45) is 1.09. The van der Waals surface area contributed by atoms with Crippen molar-refractivity contribution >= 4 is 23.5 Å². The van der Waals surface area contributed by atoms with Gasteiger partial charge in [-0.15, -0.1) is 0 Å². The lowest BCUT2D eigenvalue weighted by Crippen LogP contribution is -2.31. The zero-order valence-electron chi connectivity index (χ0n) is 13.1. The van der Waals surface area contributed by atoms with Crippen LogP contribution >= 0.6 is 0 Å². The van der Waals surface area contributed by atoms with E-state index in [2.05, 4.69) is 20.7 Å². The van der Waals surface area contributed by atoms with Gasteiger partial charge in [-0.1, -0.05) is 17.1 Å². The molecule has 126 valence electrons. The minimum atomic E-state index is -0.750. The summed E-state index contributed by atoms with van der Waals surface area (Å²) in [6, 6.07) is 6.51. The van der Waals surface area contributed by atoms with Crippen LogP contribution in [0.3, 0.4) is 0 Å². The first-order chi connectivity index (χ1) is 11.4. The van der Waals surface area contributed by atoms with E-state index in [4.69, 9.17) is 0 Å². The number of amides is 2. The van der Waals surface area contributed by atoms with Crippen LogP contribution in [0.2, 0.25) is 0 Å². The van der Waals surface area contributed by atoms with Gasteiger partial charge in [-0.25, -0.2) is 0 Å². The number of nitrogens with zero attached hydrogens (tertiary/aromatic N) is 4. The van der Waals surface area contributed by atoms with Crippen LogP contribution in [-0.2, 0) is 11.3 Å². The molecule has 2 aromatic rings. The Labute approximate surface area is 137 Å². The number of nitrogens with one attached hydrogen (secondary N) is 2. The minimum absolute atomic E-state index is 0.0445. The first-order valence-electron chi connectivity index (χ1n) is 7.10. The van der Waals surface area contributed by atoms with Crippen LogP contribution in [0, 0.1) is 10.1 Å². The van der Waals surface area contributed by atoms with Crippen LogP contribution < -0.4 is 10.6 Å². The number of hydrogen-bond acceptors (Lipinski definition) is 6. The number of nitro groups is 1. The SMILES string of the molecule is CC(C)NC(=O)c1ccccc1NC(=O)Cn1cnc([N+](=O)[O-])n1. The molecule has 0 aliphatic carbocycles. The third-order valence-corrected chi connectivity index (χ3v) is 2.86. The molecular weight excluding hydrogens is 316 g/mol. The van der Waals surface area contributed by atoms with Crippen LogP contribution in [0.1, 0.15) is 24.2 Å². The number of hydrogen-bond donors (Lipinski definition) is 2. The van der Waals surface area contributed by atoms with E-state index in [0.717, 1.165) is 11.0 Å². The smallest absolute Gasteiger partial charge is 0.390 e. The molecule has 2 amide bonds. The highest BCUT2D eigenvalue weighted by atomic mass is 16.6. The highest BCUT2D eigenvalue weighted by Crippen LogP contribution is 2.15. The molecule has 0 bridgehead atoms. The predicted molar refractivity (Wildman–Crippen MR) is 84.4 cm³/mol. The van der Waals surface area contributed by atoms with E-state index in [9.17, 15) is 19.7 Å². The molecule has 10 heteroatoms. The molecule has 0 atom stereocenters. The zero-order chi connectivity index (χ0) is 17.7. The molecule has 1 aromatic heterocycles. The van der Waals surface area contributed by atoms with Crippen molar-refractivity contribution in [2.75, 3.05) is 5.32 Å². The number of aromatic nitrogens is 3. The Hall–Kier alpha value is -3.30. The fourth-order valence-corrected chi connectivity index (χ4v) is 1.91. The first kappa shape index (κ1) is 17.1. The highest BCUT2D eigenvalue weighted by molar-refractivity contribution is 6.03. The summed E-state index contributed by atoms with van der Waals surface area (Å²) < 4.78 is 1.05. The van der Waals surface area contributed by atoms with E-state index in [1.54, 1.807) is 24.3 Å². The summed E-state index contributed by atoms with van der Waals surface area (Å²) in [7, 11) is 0. The molecular formula is C14H16N6O4. The molecule has 2 N–H and O–H groups in total. The van der Waals surface area contributed by atoms with Crippen molar-refractivity contribution in [2.24, 2.45) is 0 Å². The quantitative estimate of drug-likeness (QED) is 0.598. The van der Waals surface area contributed by atoms with Crippen molar-refractivity contribution in [1.82, 2.24) is 20.1 Å². The van der Waals surface area contributed by atoms with E-state index < -0.39 is 16.8 Å². The van der Waals surface area contributed by atoms with Crippen molar-refractivity contribution in [1.29, 1.82) is 0 Å². The van der Waals surface area contributed by atoms with Crippen molar-refractivity contribution in [2.45, 2.75) is 26.4 Å². The van der Waals surface area contributed by atoms with Crippen LogP contribution in [0.5, 0.6) is 0 Å². The average Bonchev–Trinajstić information content (AvgIpc) is 2.95. The fourth-order valence-electron chi connectivity index (χ4n) is 1.91. The third kappa shape index (κ3) is 4.35. The summed E-state index contributed by atoms with van der Waals surface area (Å²) in [5.74, 6) is -1.38. The number of carbonyl (C=O) groups excluding carboxylic acids is 2. The summed E-state index contributed by atoms with van der Waals surface area (Å²) in [5, 5.41) is 19.4. The van der Waals surface area contributed by atoms with E-state index in [1.807, 2.05) is 13.8 Å². The van der Waals surface area contributed by atoms with Gasteiger partial charge in [-0.2, -0.15) is 4.68 Å². The molecule has 1 aromatic carbocycles. The minimum Gasteiger partial charge on any atom is -0.390 e. The lowest BCUT2D eigenvalue weighted by atomic mass is 10.1. The van der Waals surface area contributed by atoms with Gasteiger partial charge in [0.05, 0.1) is 11.3 Å². The van der Waals surface area contributed by atoms with Gasteiger partial charge in [0.2, 0.25) is 12.2 Å². The first-order valence-corrected chi connectivity index (χ1v) is 7.10. The highest BCUT2D eigenvalue weighted by Gasteiger charge is 2.17. The molecule has 10 nitrogen and oxygen atoms in total. The summed E-state index contributed by atoms with van der Waals surface area (Å²) in [4.78, 5) is 37.4. The van der Waals surface area contributed by atoms with Crippen LogP contribution in [0.15, 0.2) is 30.6 Å². The van der Waals surface area contributed by atoms with Gasteiger partial charge < -0.3 is 20.7 Å². The van der Waals surface area contributed by atoms with Gasteiger partial charge in [0.15, 0.2) is 0 Å². The molecule has 0 fully saturated rings. The van der Waals surface area contributed by atoms with Crippen molar-refractivity contribution in [3.8, 4) is 0 Å². The summed E-state index contributed by atoms with van der Waals surface area (Å²) in [5.41, 5.74) is 0.666. The predicted octanol–water partition coefficient (Wildman–Crippen LogP) is 0.963. The molecule has 0 saturated carbocycles. The van der Waals surface area contributed by atoms with E-state index >= 15 is 0 Å². The Kier molecular flexibility index (Phi) is 5.20. The van der Waals surface area contributed by atoms with Gasteiger partial charge in [-0.3, -0.25) is 9.59 Å². The molecule has 0 aliphatic heterocycles. The monoisotopic (exact) mass is 332 g/mol. The maximum Gasteiger partial charge on any atom is 0.490 e. The number of rotatable bonds is 6. The second-order valence-corrected chi connectivity index (χ2v) is 5.22. The Balaban J connectivity index is 2.08. The van der Waals surface area contributed by atoms with Gasteiger partial charge in [0.25, 0.3) is 5.91 Å². The normalized spacial score (nSPS) is 10.5. The second-order valence-electron chi connectivity index (χ2n) is 5.22. The number of anilines is 1. The van der Waals surface area contributed by atoms with Crippen LogP contribution in [-0.4, -0.2) is 37.5 Å². The van der Waals surface area contributed by atoms with Gasteiger partial charge in [-0.05, 0) is 30.9 Å². The molecule has 0 spiro atoms. The van der Waals surface area contributed by atoms with Gasteiger partial charge in [0.1, 0.15) is 6.54 Å². The molecule has 0 unspecified atom stereocenters. The maximum absolute atomic E-state index is 12.1. The largest absolute Gasteiger partial charge is 0.490 e. The fraction of sp³-hybridized carbons (Fsp3) is 0.286. The average molecular weight is 332 g/mol. The standard InChI is InChI=1S/C14H16N6O4/c1-9(2)16-13(22)10-5-3-4-6-11(10)17-12(21)7-19-8-15-14(18-19)20(23)24/h3-6,8-9H,7H2,1-2H3,(H,16,22)(H,17,21). The lowest BCUT2D eigenvalue weighted by Gasteiger charge is -2.12. The van der Waals surface area contributed by atoms with Crippen LogP contribution in [0.4, 0.5) is 11.6 Å². The van der Waals surface area contributed by atoms with Crippen LogP contribution in [0.25, 0.3) is 0 Å². The van der Waals surface area contributed by atoms with Crippen molar-refractivity contribution < 1.29 is 14.5 Å². The molecule has 0 saturated heterocycles. The summed E-state index contributed by atoms with van der Waals surface area (Å²) in [6.45, 7) is 3.40. The van der Waals surface area contributed by atoms with Gasteiger partial charge >= 0.3 is 5.95 Å². The Morgan fingerprint density at radius 3 is 2.67 bits per heavy atom. The van der Waals surface area contributed by atoms with Crippen molar-refractivity contribution in [3.05, 3.63) is 46.3 Å². The van der Waals surface area contributed by atoms with E-state index in [1.165, 1.54) is 0 Å². The number of carbonyl (C=O) groups is 2. The third-order valence-electron chi connectivity index (χ3n) is 2.86. The zero-order valence-corrected chi connectivity index (χ0v) is 13.1. The Morgan fingerprint density at radius 2 is 2.04 bits per heavy atom. The van der Waals surface area contributed by atoms with Crippen molar-refractivity contribution in [3.63, 3.8) is 0 Å². The molecule has 1 heterocycles.